The lowest BCUT2D eigenvalue weighted by Crippen LogP contribution is -2.11. The second kappa shape index (κ2) is 6.89. The lowest BCUT2D eigenvalue weighted by molar-refractivity contribution is -0.385. The number of amides is 1. The number of carbonyl (C=O) groups excluding carboxylic acids is 2. The highest BCUT2D eigenvalue weighted by Crippen LogP contribution is 2.25. The number of ether oxygens (including phenoxy) is 1. The molecule has 0 atom stereocenters. The fourth-order valence-corrected chi connectivity index (χ4v) is 1.97. The lowest BCUT2D eigenvalue weighted by atomic mass is 10.2. The quantitative estimate of drug-likeness (QED) is 0.400. The molecule has 1 amide bonds. The van der Waals surface area contributed by atoms with Crippen LogP contribution >= 0.6 is 11.6 Å². The Kier molecular flexibility index (Phi) is 4.92. The molecule has 118 valence electrons. The molecule has 0 aromatic heterocycles. The van der Waals surface area contributed by atoms with E-state index < -0.39 is 16.6 Å². The first kappa shape index (κ1) is 16.4. The van der Waals surface area contributed by atoms with Crippen molar-refractivity contribution in [3.05, 3.63) is 63.2 Å². The van der Waals surface area contributed by atoms with Crippen LogP contribution in [0.5, 0.6) is 5.75 Å². The van der Waals surface area contributed by atoms with Crippen LogP contribution < -0.4 is 10.1 Å². The van der Waals surface area contributed by atoms with Crippen molar-refractivity contribution in [3.63, 3.8) is 0 Å². The van der Waals surface area contributed by atoms with E-state index in [0.29, 0.717) is 5.69 Å². The highest BCUT2D eigenvalue weighted by Gasteiger charge is 2.22. The standard InChI is InChI=1S/C15H11ClN2O5/c1-9(19)17-11-3-5-12(6-4-11)23-15(20)13-7-2-10(16)8-14(13)18(21)22/h2-8H,1H3,(H,17,19). The molecule has 0 fully saturated rings. The van der Waals surface area contributed by atoms with Gasteiger partial charge in [0.1, 0.15) is 11.3 Å². The number of hydrogen-bond donors (Lipinski definition) is 1. The van der Waals surface area contributed by atoms with Gasteiger partial charge in [-0.3, -0.25) is 14.9 Å². The molecular weight excluding hydrogens is 324 g/mol. The Balaban J connectivity index is 2.19. The average Bonchev–Trinajstić information content (AvgIpc) is 2.48. The average molecular weight is 335 g/mol. The summed E-state index contributed by atoms with van der Waals surface area (Å²) in [5.74, 6) is -0.916. The van der Waals surface area contributed by atoms with E-state index in [1.54, 1.807) is 12.1 Å². The van der Waals surface area contributed by atoms with Gasteiger partial charge in [0.15, 0.2) is 0 Å². The summed E-state index contributed by atoms with van der Waals surface area (Å²) in [4.78, 5) is 33.3. The zero-order valence-corrected chi connectivity index (χ0v) is 12.7. The third kappa shape index (κ3) is 4.27. The number of carbonyl (C=O) groups is 2. The number of nitro groups is 1. The van der Waals surface area contributed by atoms with Crippen molar-refractivity contribution in [1.82, 2.24) is 0 Å². The zero-order valence-electron chi connectivity index (χ0n) is 11.9. The minimum atomic E-state index is -0.874. The molecule has 23 heavy (non-hydrogen) atoms. The van der Waals surface area contributed by atoms with Gasteiger partial charge in [-0.05, 0) is 36.4 Å². The number of nitro benzene ring substituents is 1. The van der Waals surface area contributed by atoms with Gasteiger partial charge >= 0.3 is 5.97 Å². The van der Waals surface area contributed by atoms with Crippen LogP contribution in [0.3, 0.4) is 0 Å². The van der Waals surface area contributed by atoms with Gasteiger partial charge in [0.05, 0.1) is 4.92 Å². The third-order valence-corrected chi connectivity index (χ3v) is 3.00. The largest absolute Gasteiger partial charge is 0.423 e. The molecule has 0 spiro atoms. The summed E-state index contributed by atoms with van der Waals surface area (Å²) in [5.41, 5.74) is -0.0996. The van der Waals surface area contributed by atoms with Crippen molar-refractivity contribution >= 4 is 34.9 Å². The highest BCUT2D eigenvalue weighted by atomic mass is 35.5. The molecule has 0 heterocycles. The van der Waals surface area contributed by atoms with Crippen molar-refractivity contribution in [2.24, 2.45) is 0 Å². The summed E-state index contributed by atoms with van der Waals surface area (Å²) >= 11 is 5.69. The van der Waals surface area contributed by atoms with Crippen molar-refractivity contribution in [2.45, 2.75) is 6.92 Å². The maximum Gasteiger partial charge on any atom is 0.350 e. The van der Waals surface area contributed by atoms with Crippen LogP contribution in [0.4, 0.5) is 11.4 Å². The monoisotopic (exact) mass is 334 g/mol. The molecule has 0 radical (unpaired) electrons. The summed E-state index contributed by atoms with van der Waals surface area (Å²) in [6.45, 7) is 1.37. The topological polar surface area (TPSA) is 98.5 Å². The minimum Gasteiger partial charge on any atom is -0.423 e. The van der Waals surface area contributed by atoms with Crippen molar-refractivity contribution in [2.75, 3.05) is 5.32 Å². The number of benzene rings is 2. The summed E-state index contributed by atoms with van der Waals surface area (Å²) in [6, 6.07) is 9.69. The van der Waals surface area contributed by atoms with Gasteiger partial charge in [0, 0.05) is 23.7 Å². The van der Waals surface area contributed by atoms with Gasteiger partial charge in [-0.25, -0.2) is 4.79 Å². The van der Waals surface area contributed by atoms with Gasteiger partial charge < -0.3 is 10.1 Å². The molecule has 0 aliphatic rings. The Labute approximate surface area is 136 Å². The first-order chi connectivity index (χ1) is 10.9. The van der Waals surface area contributed by atoms with E-state index in [-0.39, 0.29) is 22.2 Å². The molecule has 7 nitrogen and oxygen atoms in total. The molecule has 2 aromatic rings. The molecule has 0 bridgehead atoms. The van der Waals surface area contributed by atoms with Crippen molar-refractivity contribution in [3.8, 4) is 5.75 Å². The molecule has 0 aliphatic carbocycles. The van der Waals surface area contributed by atoms with Gasteiger partial charge in [0.25, 0.3) is 5.69 Å². The number of nitrogens with one attached hydrogen (secondary N) is 1. The Bertz CT molecular complexity index is 774. The number of rotatable bonds is 4. The van der Waals surface area contributed by atoms with E-state index in [1.807, 2.05) is 0 Å². The Morgan fingerprint density at radius 2 is 1.83 bits per heavy atom. The summed E-state index contributed by atoms with van der Waals surface area (Å²) in [5, 5.41) is 13.7. The number of hydrogen-bond acceptors (Lipinski definition) is 5. The predicted octanol–water partition coefficient (Wildman–Crippen LogP) is 3.43. The predicted molar refractivity (Wildman–Crippen MR) is 83.8 cm³/mol. The first-order valence-electron chi connectivity index (χ1n) is 6.40. The number of anilines is 1. The SMILES string of the molecule is CC(=O)Nc1ccc(OC(=O)c2ccc(Cl)cc2[N+](=O)[O-])cc1. The summed E-state index contributed by atoms with van der Waals surface area (Å²) in [7, 11) is 0. The molecule has 8 heteroatoms. The maximum atomic E-state index is 12.1. The fraction of sp³-hybridized carbons (Fsp3) is 0.0667. The molecule has 0 saturated carbocycles. The van der Waals surface area contributed by atoms with Crippen LogP contribution in [0, 0.1) is 10.1 Å². The molecule has 0 unspecified atom stereocenters. The van der Waals surface area contributed by atoms with Crippen LogP contribution in [0.25, 0.3) is 0 Å². The van der Waals surface area contributed by atoms with Gasteiger partial charge in [-0.15, -0.1) is 0 Å². The van der Waals surface area contributed by atoms with Gasteiger partial charge in [-0.1, -0.05) is 11.6 Å². The van der Waals surface area contributed by atoms with E-state index in [9.17, 15) is 19.7 Å². The van der Waals surface area contributed by atoms with Crippen LogP contribution in [0.15, 0.2) is 42.5 Å². The minimum absolute atomic E-state index is 0.146. The second-order valence-electron chi connectivity index (χ2n) is 4.51. The molecule has 1 N–H and O–H groups in total. The summed E-state index contributed by atoms with van der Waals surface area (Å²) < 4.78 is 5.09. The fourth-order valence-electron chi connectivity index (χ4n) is 1.80. The van der Waals surface area contributed by atoms with Crippen LogP contribution in [0.2, 0.25) is 5.02 Å². The Hall–Kier alpha value is -2.93. The van der Waals surface area contributed by atoms with Gasteiger partial charge in [0.2, 0.25) is 5.91 Å². The van der Waals surface area contributed by atoms with Crippen LogP contribution in [-0.4, -0.2) is 16.8 Å². The van der Waals surface area contributed by atoms with E-state index in [0.717, 1.165) is 6.07 Å². The molecule has 2 rings (SSSR count). The third-order valence-electron chi connectivity index (χ3n) is 2.76. The van der Waals surface area contributed by atoms with Gasteiger partial charge in [-0.2, -0.15) is 0 Å². The van der Waals surface area contributed by atoms with Crippen molar-refractivity contribution < 1.29 is 19.2 Å². The van der Waals surface area contributed by atoms with E-state index >= 15 is 0 Å². The molecule has 2 aromatic carbocycles. The normalized spacial score (nSPS) is 10.0. The van der Waals surface area contributed by atoms with E-state index in [2.05, 4.69) is 5.32 Å². The molecular formula is C15H11ClN2O5. The summed E-state index contributed by atoms with van der Waals surface area (Å²) in [6.07, 6.45) is 0. The molecule has 0 saturated heterocycles. The highest BCUT2D eigenvalue weighted by molar-refractivity contribution is 6.31. The first-order valence-corrected chi connectivity index (χ1v) is 6.78. The number of esters is 1. The zero-order chi connectivity index (χ0) is 17.0. The van der Waals surface area contributed by atoms with Crippen LogP contribution in [-0.2, 0) is 4.79 Å². The molecule has 0 aliphatic heterocycles. The van der Waals surface area contributed by atoms with E-state index in [4.69, 9.17) is 16.3 Å². The number of nitrogens with zero attached hydrogens (tertiary/aromatic N) is 1. The smallest absolute Gasteiger partial charge is 0.350 e. The van der Waals surface area contributed by atoms with Crippen molar-refractivity contribution in [1.29, 1.82) is 0 Å². The van der Waals surface area contributed by atoms with Crippen LogP contribution in [0.1, 0.15) is 17.3 Å². The Morgan fingerprint density at radius 1 is 1.17 bits per heavy atom. The maximum absolute atomic E-state index is 12.1. The lowest BCUT2D eigenvalue weighted by Gasteiger charge is -2.07. The van der Waals surface area contributed by atoms with E-state index in [1.165, 1.54) is 31.2 Å². The Morgan fingerprint density at radius 3 is 2.39 bits per heavy atom. The second-order valence-corrected chi connectivity index (χ2v) is 4.95. The number of halogens is 1.